The first-order valence-electron chi connectivity index (χ1n) is 6.15. The third kappa shape index (κ3) is 4.31. The van der Waals surface area contributed by atoms with Gasteiger partial charge in [0.25, 0.3) is 0 Å². The molecule has 20 heavy (non-hydrogen) atoms. The van der Waals surface area contributed by atoms with Crippen LogP contribution in [0.5, 0.6) is 0 Å². The zero-order valence-corrected chi connectivity index (χ0v) is 13.4. The van der Waals surface area contributed by atoms with Crippen molar-refractivity contribution in [1.82, 2.24) is 5.32 Å². The molecule has 0 bridgehead atoms. The van der Waals surface area contributed by atoms with Crippen LogP contribution in [0.25, 0.3) is 0 Å². The van der Waals surface area contributed by atoms with Gasteiger partial charge in [-0.05, 0) is 31.5 Å². The van der Waals surface area contributed by atoms with Crippen molar-refractivity contribution in [3.8, 4) is 0 Å². The van der Waals surface area contributed by atoms with Crippen molar-refractivity contribution in [1.29, 1.82) is 0 Å². The summed E-state index contributed by atoms with van der Waals surface area (Å²) >= 11 is 3.41. The summed E-state index contributed by atoms with van der Waals surface area (Å²) in [7, 11) is 1.34. The number of amides is 1. The number of benzene rings is 1. The number of ether oxygens (including phenoxy) is 1. The molecule has 1 aromatic rings. The molecule has 5 nitrogen and oxygen atoms in total. The fourth-order valence-electron chi connectivity index (χ4n) is 1.53. The number of hydrogen-bond acceptors (Lipinski definition) is 4. The first-order valence-corrected chi connectivity index (χ1v) is 6.94. The van der Waals surface area contributed by atoms with E-state index in [-0.39, 0.29) is 11.9 Å². The van der Waals surface area contributed by atoms with Crippen LogP contribution in [0.1, 0.15) is 29.8 Å². The van der Waals surface area contributed by atoms with E-state index in [1.54, 1.807) is 26.0 Å². The van der Waals surface area contributed by atoms with Crippen LogP contribution in [0.2, 0.25) is 0 Å². The smallest absolute Gasteiger partial charge is 0.337 e. The van der Waals surface area contributed by atoms with Gasteiger partial charge in [0.15, 0.2) is 0 Å². The first kappa shape index (κ1) is 16.7. The molecule has 110 valence electrons. The van der Waals surface area contributed by atoms with Crippen molar-refractivity contribution in [3.63, 3.8) is 0 Å². The largest absolute Gasteiger partial charge is 0.465 e. The van der Waals surface area contributed by atoms with Gasteiger partial charge >= 0.3 is 5.97 Å². The topological polar surface area (TPSA) is 81.4 Å². The van der Waals surface area contributed by atoms with Crippen LogP contribution >= 0.6 is 15.9 Å². The lowest BCUT2D eigenvalue weighted by atomic mass is 9.93. The van der Waals surface area contributed by atoms with Gasteiger partial charge in [0.2, 0.25) is 5.91 Å². The lowest BCUT2D eigenvalue weighted by Gasteiger charge is -2.21. The van der Waals surface area contributed by atoms with E-state index in [2.05, 4.69) is 26.0 Å². The maximum Gasteiger partial charge on any atom is 0.337 e. The van der Waals surface area contributed by atoms with Crippen LogP contribution < -0.4 is 11.1 Å². The second-order valence-electron chi connectivity index (χ2n) is 5.15. The van der Waals surface area contributed by atoms with E-state index in [1.165, 1.54) is 7.11 Å². The molecular formula is C14H19BrN2O3. The number of carbonyl (C=O) groups excluding carboxylic acids is 2. The maximum absolute atomic E-state index is 11.4. The van der Waals surface area contributed by atoms with E-state index >= 15 is 0 Å². The van der Waals surface area contributed by atoms with Gasteiger partial charge in [-0.2, -0.15) is 0 Å². The predicted molar refractivity (Wildman–Crippen MR) is 80.2 cm³/mol. The number of hydrogen-bond donors (Lipinski definition) is 2. The molecule has 1 rings (SSSR count). The zero-order valence-electron chi connectivity index (χ0n) is 11.8. The Morgan fingerprint density at radius 1 is 1.40 bits per heavy atom. The molecule has 1 amide bonds. The number of esters is 1. The highest BCUT2D eigenvalue weighted by molar-refractivity contribution is 9.10. The molecule has 0 heterocycles. The van der Waals surface area contributed by atoms with E-state index in [0.717, 1.165) is 10.0 Å². The summed E-state index contributed by atoms with van der Waals surface area (Å²) in [5, 5.41) is 3.18. The lowest BCUT2D eigenvalue weighted by Crippen LogP contribution is -2.40. The summed E-state index contributed by atoms with van der Waals surface area (Å²) < 4.78 is 5.47. The van der Waals surface area contributed by atoms with E-state index in [9.17, 15) is 9.59 Å². The zero-order chi connectivity index (χ0) is 15.3. The molecule has 0 unspecified atom stereocenters. The quantitative estimate of drug-likeness (QED) is 0.773. The SMILES string of the molecule is COC(=O)c1ccc(CNCC(C)(C)C(N)=O)c(Br)c1. The summed E-state index contributed by atoms with van der Waals surface area (Å²) in [4.78, 5) is 22.6. The third-order valence-corrected chi connectivity index (χ3v) is 3.76. The Morgan fingerprint density at radius 2 is 2.05 bits per heavy atom. The highest BCUT2D eigenvalue weighted by Crippen LogP contribution is 2.20. The Kier molecular flexibility index (Phi) is 5.71. The van der Waals surface area contributed by atoms with Crippen LogP contribution in [0, 0.1) is 5.41 Å². The number of primary amides is 1. The van der Waals surface area contributed by atoms with Gasteiger partial charge in [0, 0.05) is 17.6 Å². The Balaban J connectivity index is 2.66. The lowest BCUT2D eigenvalue weighted by molar-refractivity contribution is -0.125. The maximum atomic E-state index is 11.4. The number of halogens is 1. The average Bonchev–Trinajstić information content (AvgIpc) is 2.39. The molecule has 3 N–H and O–H groups in total. The Morgan fingerprint density at radius 3 is 2.55 bits per heavy atom. The molecule has 6 heteroatoms. The second kappa shape index (κ2) is 6.85. The van der Waals surface area contributed by atoms with Crippen molar-refractivity contribution < 1.29 is 14.3 Å². The normalized spacial score (nSPS) is 11.2. The fraction of sp³-hybridized carbons (Fsp3) is 0.429. The van der Waals surface area contributed by atoms with Crippen molar-refractivity contribution in [2.75, 3.05) is 13.7 Å². The summed E-state index contributed by atoms with van der Waals surface area (Å²) in [6.07, 6.45) is 0. The van der Waals surface area contributed by atoms with Crippen molar-refractivity contribution >= 4 is 27.8 Å². The van der Waals surface area contributed by atoms with Gasteiger partial charge < -0.3 is 15.8 Å². The second-order valence-corrected chi connectivity index (χ2v) is 6.00. The number of nitrogens with two attached hydrogens (primary N) is 1. The van der Waals surface area contributed by atoms with Crippen molar-refractivity contribution in [2.45, 2.75) is 20.4 Å². The molecule has 0 aliphatic carbocycles. The minimum Gasteiger partial charge on any atom is -0.465 e. The van der Waals surface area contributed by atoms with Crippen molar-refractivity contribution in [2.24, 2.45) is 11.1 Å². The minimum absolute atomic E-state index is 0.342. The molecule has 0 spiro atoms. The summed E-state index contributed by atoms with van der Waals surface area (Å²) in [5.74, 6) is -0.717. The van der Waals surface area contributed by atoms with Crippen molar-refractivity contribution in [3.05, 3.63) is 33.8 Å². The van der Waals surface area contributed by atoms with Gasteiger partial charge in [-0.15, -0.1) is 0 Å². The Hall–Kier alpha value is -1.40. The van der Waals surface area contributed by atoms with E-state index in [4.69, 9.17) is 5.73 Å². The summed E-state index contributed by atoms with van der Waals surface area (Å²) in [6, 6.07) is 5.25. The van der Waals surface area contributed by atoms with E-state index in [0.29, 0.717) is 18.7 Å². The van der Waals surface area contributed by atoms with Crippen LogP contribution in [0.15, 0.2) is 22.7 Å². The first-order chi connectivity index (χ1) is 9.27. The molecule has 0 saturated heterocycles. The molecule has 1 aromatic carbocycles. The van der Waals surface area contributed by atoms with Gasteiger partial charge in [-0.1, -0.05) is 22.0 Å². The number of methoxy groups -OCH3 is 1. The third-order valence-electron chi connectivity index (χ3n) is 3.02. The standard InChI is InChI=1S/C14H19BrN2O3/c1-14(2,13(16)19)8-17-7-10-5-4-9(6-11(10)15)12(18)20-3/h4-6,17H,7-8H2,1-3H3,(H2,16,19). The van der Waals surface area contributed by atoms with E-state index < -0.39 is 5.41 Å². The monoisotopic (exact) mass is 342 g/mol. The average molecular weight is 343 g/mol. The predicted octanol–water partition coefficient (Wildman–Crippen LogP) is 1.84. The van der Waals surface area contributed by atoms with E-state index in [1.807, 2.05) is 6.07 Å². The van der Waals surface area contributed by atoms with Gasteiger partial charge in [-0.25, -0.2) is 4.79 Å². The number of carbonyl (C=O) groups is 2. The van der Waals surface area contributed by atoms with Crippen LogP contribution in [0.4, 0.5) is 0 Å². The van der Waals surface area contributed by atoms with Gasteiger partial charge in [-0.3, -0.25) is 4.79 Å². The molecule has 0 radical (unpaired) electrons. The molecule has 0 saturated carbocycles. The molecule has 0 fully saturated rings. The van der Waals surface area contributed by atoms with Crippen LogP contribution in [-0.4, -0.2) is 25.5 Å². The Bertz CT molecular complexity index is 515. The van der Waals surface area contributed by atoms with Gasteiger partial charge in [0.1, 0.15) is 0 Å². The molecule has 0 aliphatic heterocycles. The molecule has 0 atom stereocenters. The number of nitrogens with one attached hydrogen (secondary N) is 1. The summed E-state index contributed by atoms with van der Waals surface area (Å²) in [5.41, 5.74) is 6.18. The molecule has 0 aromatic heterocycles. The number of rotatable bonds is 6. The highest BCUT2D eigenvalue weighted by atomic mass is 79.9. The van der Waals surface area contributed by atoms with Gasteiger partial charge in [0.05, 0.1) is 18.1 Å². The fourth-order valence-corrected chi connectivity index (χ4v) is 2.05. The van der Waals surface area contributed by atoms with Crippen LogP contribution in [0.3, 0.4) is 0 Å². The summed E-state index contributed by atoms with van der Waals surface area (Å²) in [6.45, 7) is 4.63. The molecular weight excluding hydrogens is 324 g/mol. The van der Waals surface area contributed by atoms with Crippen LogP contribution in [-0.2, 0) is 16.1 Å². The molecule has 0 aliphatic rings. The highest BCUT2D eigenvalue weighted by Gasteiger charge is 2.24. The Labute approximate surface area is 127 Å². The minimum atomic E-state index is -0.599.